The van der Waals surface area contributed by atoms with E-state index in [0.717, 1.165) is 49.7 Å². The molecule has 0 aliphatic rings. The zero-order valence-electron chi connectivity index (χ0n) is 22.5. The molecule has 0 spiro atoms. The smallest absolute Gasteiger partial charge is 0.325 e. The third kappa shape index (κ3) is 6.32. The molecule has 2 aromatic carbocycles. The lowest BCUT2D eigenvalue weighted by Crippen LogP contribution is -2.38. The number of nitrogens with one attached hydrogen (secondary N) is 1. The van der Waals surface area contributed by atoms with Crippen molar-refractivity contribution >= 4 is 11.9 Å². The average molecular weight is 482 g/mol. The second-order valence-electron chi connectivity index (χ2n) is 9.93. The molecule has 0 saturated heterocycles. The summed E-state index contributed by atoms with van der Waals surface area (Å²) in [6, 6.07) is 11.6. The third-order valence-electron chi connectivity index (χ3n) is 8.02. The number of carboxylic acids is 1. The Hall–Kier alpha value is -2.66. The van der Waals surface area contributed by atoms with E-state index in [0.29, 0.717) is 5.56 Å². The van der Waals surface area contributed by atoms with E-state index in [9.17, 15) is 14.7 Å². The van der Waals surface area contributed by atoms with E-state index in [1.54, 1.807) is 0 Å². The fourth-order valence-electron chi connectivity index (χ4n) is 5.03. The highest BCUT2D eigenvalue weighted by Gasteiger charge is 2.32. The van der Waals surface area contributed by atoms with Gasteiger partial charge in [0, 0.05) is 11.0 Å². The molecule has 5 nitrogen and oxygen atoms in total. The van der Waals surface area contributed by atoms with Crippen LogP contribution in [-0.4, -0.2) is 33.7 Å². The second kappa shape index (κ2) is 11.9. The van der Waals surface area contributed by atoms with Gasteiger partial charge >= 0.3 is 5.97 Å². The Labute approximate surface area is 211 Å². The number of benzene rings is 2. The van der Waals surface area contributed by atoms with Crippen LogP contribution >= 0.6 is 0 Å². The van der Waals surface area contributed by atoms with Crippen molar-refractivity contribution in [3.05, 3.63) is 69.8 Å². The van der Waals surface area contributed by atoms with Gasteiger partial charge in [-0.25, -0.2) is 0 Å². The molecule has 0 fully saturated rings. The standard InChI is InChI=1S/C30H43NO4/c1-8-29(35,9-2)17-16-23-12-13-24(18-20(23)5)30(10-3,11-4)25-14-15-26(21(6)19-25)27(32)31-22(7)28(33)34/h12-15,18-19,22,35H,8-11,16-17H2,1-7H3,(H,31,32)(H,33,34). The average Bonchev–Trinajstić information content (AvgIpc) is 2.84. The number of amides is 1. The van der Waals surface area contributed by atoms with Gasteiger partial charge in [0.1, 0.15) is 6.04 Å². The van der Waals surface area contributed by atoms with Crippen LogP contribution in [0, 0.1) is 13.8 Å². The summed E-state index contributed by atoms with van der Waals surface area (Å²) in [4.78, 5) is 23.7. The van der Waals surface area contributed by atoms with Crippen molar-refractivity contribution in [3.8, 4) is 0 Å². The fraction of sp³-hybridized carbons (Fsp3) is 0.533. The van der Waals surface area contributed by atoms with Gasteiger partial charge in [-0.2, -0.15) is 0 Å². The number of aliphatic carboxylic acids is 1. The van der Waals surface area contributed by atoms with Crippen molar-refractivity contribution in [3.63, 3.8) is 0 Å². The lowest BCUT2D eigenvalue weighted by Gasteiger charge is -2.34. The van der Waals surface area contributed by atoms with Crippen LogP contribution in [0.5, 0.6) is 0 Å². The molecule has 0 aromatic heterocycles. The predicted octanol–water partition coefficient (Wildman–Crippen LogP) is 6.10. The molecule has 3 N–H and O–H groups in total. The molecule has 0 saturated carbocycles. The first kappa shape index (κ1) is 28.6. The van der Waals surface area contributed by atoms with Crippen LogP contribution in [-0.2, 0) is 16.6 Å². The Balaban J connectivity index is 2.38. The fourth-order valence-corrected chi connectivity index (χ4v) is 5.03. The van der Waals surface area contributed by atoms with Crippen LogP contribution in [0.2, 0.25) is 0 Å². The molecule has 0 aliphatic carbocycles. The van der Waals surface area contributed by atoms with E-state index in [2.05, 4.69) is 50.4 Å². The number of aryl methyl sites for hydroxylation is 3. The molecule has 2 rings (SSSR count). The molecule has 0 radical (unpaired) electrons. The number of rotatable bonds is 12. The van der Waals surface area contributed by atoms with E-state index in [-0.39, 0.29) is 11.3 Å². The topological polar surface area (TPSA) is 86.6 Å². The summed E-state index contributed by atoms with van der Waals surface area (Å²) in [5.41, 5.74) is 5.44. The van der Waals surface area contributed by atoms with E-state index < -0.39 is 17.6 Å². The molecule has 0 aliphatic heterocycles. The van der Waals surface area contributed by atoms with Gasteiger partial charge in [-0.3, -0.25) is 9.59 Å². The number of carbonyl (C=O) groups is 2. The summed E-state index contributed by atoms with van der Waals surface area (Å²) in [5.74, 6) is -1.43. The monoisotopic (exact) mass is 481 g/mol. The van der Waals surface area contributed by atoms with E-state index in [1.165, 1.54) is 23.6 Å². The molecule has 5 heteroatoms. The summed E-state index contributed by atoms with van der Waals surface area (Å²) in [6.07, 6.45) is 4.96. The summed E-state index contributed by atoms with van der Waals surface area (Å²) in [5, 5.41) is 22.3. The van der Waals surface area contributed by atoms with Gasteiger partial charge in [-0.1, -0.05) is 58.0 Å². The number of aliphatic hydroxyl groups is 1. The molecule has 35 heavy (non-hydrogen) atoms. The highest BCUT2D eigenvalue weighted by molar-refractivity contribution is 5.97. The summed E-state index contributed by atoms with van der Waals surface area (Å²) in [7, 11) is 0. The molecular weight excluding hydrogens is 438 g/mol. The first-order valence-electron chi connectivity index (χ1n) is 12.9. The molecule has 0 heterocycles. The van der Waals surface area contributed by atoms with Gasteiger partial charge in [-0.15, -0.1) is 0 Å². The predicted molar refractivity (Wildman–Crippen MR) is 142 cm³/mol. The zero-order chi connectivity index (χ0) is 26.4. The molecule has 2 aromatic rings. The van der Waals surface area contributed by atoms with Crippen molar-refractivity contribution < 1.29 is 19.8 Å². The van der Waals surface area contributed by atoms with Crippen LogP contribution in [0.15, 0.2) is 36.4 Å². The van der Waals surface area contributed by atoms with E-state index >= 15 is 0 Å². The maximum Gasteiger partial charge on any atom is 0.325 e. The Morgan fingerprint density at radius 1 is 0.886 bits per heavy atom. The van der Waals surface area contributed by atoms with Gasteiger partial charge in [-0.05, 0) is 93.2 Å². The first-order chi connectivity index (χ1) is 16.5. The van der Waals surface area contributed by atoms with Crippen molar-refractivity contribution in [2.75, 3.05) is 0 Å². The summed E-state index contributed by atoms with van der Waals surface area (Å²) >= 11 is 0. The maximum absolute atomic E-state index is 12.6. The van der Waals surface area contributed by atoms with Gasteiger partial charge in [0.25, 0.3) is 5.91 Å². The molecule has 0 bridgehead atoms. The second-order valence-corrected chi connectivity index (χ2v) is 9.93. The van der Waals surface area contributed by atoms with Crippen molar-refractivity contribution in [1.82, 2.24) is 5.32 Å². The molecular formula is C30H43NO4. The Bertz CT molecular complexity index is 1030. The van der Waals surface area contributed by atoms with Crippen LogP contribution in [0.25, 0.3) is 0 Å². The van der Waals surface area contributed by atoms with Gasteiger partial charge in [0.15, 0.2) is 0 Å². The number of carbonyl (C=O) groups excluding carboxylic acids is 1. The van der Waals surface area contributed by atoms with Crippen LogP contribution in [0.1, 0.15) is 105 Å². The molecule has 1 amide bonds. The van der Waals surface area contributed by atoms with Gasteiger partial charge in [0.05, 0.1) is 5.60 Å². The number of carboxylic acid groups (broad SMARTS) is 1. The third-order valence-corrected chi connectivity index (χ3v) is 8.02. The Morgan fingerprint density at radius 2 is 1.43 bits per heavy atom. The van der Waals surface area contributed by atoms with Crippen LogP contribution in [0.4, 0.5) is 0 Å². The largest absolute Gasteiger partial charge is 0.480 e. The minimum absolute atomic E-state index is 0.189. The SMILES string of the molecule is CCC(O)(CC)CCc1ccc(C(CC)(CC)c2ccc(C(=O)NC(C)C(=O)O)c(C)c2)cc1C. The lowest BCUT2D eigenvalue weighted by atomic mass is 9.69. The lowest BCUT2D eigenvalue weighted by molar-refractivity contribution is -0.138. The van der Waals surface area contributed by atoms with Gasteiger partial charge < -0.3 is 15.5 Å². The number of hydrogen-bond acceptors (Lipinski definition) is 3. The zero-order valence-corrected chi connectivity index (χ0v) is 22.5. The highest BCUT2D eigenvalue weighted by atomic mass is 16.4. The summed E-state index contributed by atoms with van der Waals surface area (Å²) in [6.45, 7) is 14.0. The van der Waals surface area contributed by atoms with Crippen molar-refractivity contribution in [1.29, 1.82) is 0 Å². The Kier molecular flexibility index (Phi) is 9.68. The van der Waals surface area contributed by atoms with Crippen LogP contribution < -0.4 is 5.32 Å². The minimum atomic E-state index is -1.06. The summed E-state index contributed by atoms with van der Waals surface area (Å²) < 4.78 is 0. The van der Waals surface area contributed by atoms with Crippen molar-refractivity contribution in [2.45, 2.75) is 104 Å². The maximum atomic E-state index is 12.6. The molecule has 192 valence electrons. The number of hydrogen-bond donors (Lipinski definition) is 3. The normalized spacial score (nSPS) is 12.9. The first-order valence-corrected chi connectivity index (χ1v) is 12.9. The van der Waals surface area contributed by atoms with Gasteiger partial charge in [0.2, 0.25) is 0 Å². The highest BCUT2D eigenvalue weighted by Crippen LogP contribution is 2.40. The van der Waals surface area contributed by atoms with Crippen molar-refractivity contribution in [2.24, 2.45) is 0 Å². The molecule has 1 unspecified atom stereocenters. The van der Waals surface area contributed by atoms with Crippen LogP contribution in [0.3, 0.4) is 0 Å². The van der Waals surface area contributed by atoms with E-state index in [4.69, 9.17) is 5.11 Å². The molecule has 1 atom stereocenters. The minimum Gasteiger partial charge on any atom is -0.480 e. The quantitative estimate of drug-likeness (QED) is 0.342. The van der Waals surface area contributed by atoms with E-state index in [1.807, 2.05) is 32.9 Å². The Morgan fingerprint density at radius 3 is 1.89 bits per heavy atom.